The van der Waals surface area contributed by atoms with Crippen molar-refractivity contribution < 1.29 is 19.4 Å². The number of hydrogen-bond acceptors (Lipinski definition) is 3. The monoisotopic (exact) mass is 483 g/mol. The van der Waals surface area contributed by atoms with E-state index in [1.165, 1.54) is 4.90 Å². The third-order valence-electron chi connectivity index (χ3n) is 6.57. The van der Waals surface area contributed by atoms with Gasteiger partial charge in [0.25, 0.3) is 0 Å². The Bertz CT molecular complexity index is 1090. The Morgan fingerprint density at radius 1 is 1.03 bits per heavy atom. The fraction of sp³-hybridized carbons (Fsp3) is 0.320. The fourth-order valence-corrected chi connectivity index (χ4v) is 5.19. The summed E-state index contributed by atoms with van der Waals surface area (Å²) < 4.78 is 12.8. The molecule has 0 aliphatic carbocycles. The lowest BCUT2D eigenvalue weighted by molar-refractivity contribution is -0.173. The zero-order chi connectivity index (χ0) is 22.2. The summed E-state index contributed by atoms with van der Waals surface area (Å²) in [4.78, 5) is 13.6. The summed E-state index contributed by atoms with van der Waals surface area (Å²) in [7, 11) is 3.22. The van der Waals surface area contributed by atoms with Crippen molar-refractivity contribution in [2.45, 2.75) is 30.6 Å². The van der Waals surface area contributed by atoms with E-state index in [0.29, 0.717) is 0 Å². The molecule has 6 heteroatoms. The normalized spacial score (nSPS) is 26.2. The van der Waals surface area contributed by atoms with Gasteiger partial charge in [0.2, 0.25) is 0 Å². The summed E-state index contributed by atoms with van der Waals surface area (Å²) in [6.45, 7) is 2.08. The third-order valence-corrected chi connectivity index (χ3v) is 7.10. The summed E-state index contributed by atoms with van der Waals surface area (Å²) in [5, 5.41) is 12.3. The molecular formula is C25H26BrNO4. The van der Waals surface area contributed by atoms with Gasteiger partial charge in [0.05, 0.1) is 12.6 Å². The van der Waals surface area contributed by atoms with Crippen LogP contribution >= 0.6 is 15.9 Å². The number of ether oxygens (including phenoxy) is 2. The average Bonchev–Trinajstić information content (AvgIpc) is 2.78. The average molecular weight is 484 g/mol. The highest BCUT2D eigenvalue weighted by Crippen LogP contribution is 2.50. The van der Waals surface area contributed by atoms with Crippen LogP contribution in [0.2, 0.25) is 0 Å². The van der Waals surface area contributed by atoms with Gasteiger partial charge in [0.1, 0.15) is 0 Å². The number of halogens is 1. The molecule has 0 bridgehead atoms. The Hall–Kier alpha value is -2.41. The van der Waals surface area contributed by atoms with Crippen molar-refractivity contribution in [2.75, 3.05) is 20.8 Å². The van der Waals surface area contributed by atoms with Gasteiger partial charge in [-0.3, -0.25) is 4.90 Å². The van der Waals surface area contributed by atoms with Gasteiger partial charge >= 0.3 is 6.09 Å². The second-order valence-corrected chi connectivity index (χ2v) is 9.00. The molecule has 31 heavy (non-hydrogen) atoms. The molecule has 4 rings (SSSR count). The van der Waals surface area contributed by atoms with Gasteiger partial charge in [0, 0.05) is 30.5 Å². The molecule has 1 heterocycles. The van der Waals surface area contributed by atoms with Crippen LogP contribution in [0, 0.1) is 0 Å². The van der Waals surface area contributed by atoms with E-state index < -0.39 is 11.8 Å². The lowest BCUT2D eigenvalue weighted by Crippen LogP contribution is -2.63. The highest BCUT2D eigenvalue weighted by molar-refractivity contribution is 9.10. The molecule has 1 aliphatic heterocycles. The topological polar surface area (TPSA) is 59.0 Å². The summed E-state index contributed by atoms with van der Waals surface area (Å²) >= 11 is 3.51. The van der Waals surface area contributed by atoms with Gasteiger partial charge in [-0.05, 0) is 41.0 Å². The van der Waals surface area contributed by atoms with Crippen LogP contribution < -0.4 is 0 Å². The first kappa shape index (κ1) is 21.8. The molecule has 1 aliphatic rings. The smallest absolute Gasteiger partial charge is 0.409 e. The number of nitrogens with zero attached hydrogens (tertiary/aromatic N) is 1. The lowest BCUT2D eigenvalue weighted by Gasteiger charge is -2.53. The van der Waals surface area contributed by atoms with Crippen LogP contribution in [0.5, 0.6) is 0 Å². The van der Waals surface area contributed by atoms with Crippen molar-refractivity contribution >= 4 is 32.8 Å². The van der Waals surface area contributed by atoms with Crippen LogP contribution in [-0.2, 0) is 9.47 Å². The zero-order valence-corrected chi connectivity index (χ0v) is 19.4. The molecule has 1 saturated heterocycles. The van der Waals surface area contributed by atoms with Crippen LogP contribution in [0.15, 0.2) is 71.2 Å². The van der Waals surface area contributed by atoms with Gasteiger partial charge in [-0.1, -0.05) is 70.5 Å². The summed E-state index contributed by atoms with van der Waals surface area (Å²) in [5.41, 5.74) is 1.03. The maximum atomic E-state index is 12.3. The largest absolute Gasteiger partial charge is 0.465 e. The first-order valence-electron chi connectivity index (χ1n) is 10.2. The van der Waals surface area contributed by atoms with Crippen LogP contribution in [-0.4, -0.2) is 48.7 Å². The fourth-order valence-electron chi connectivity index (χ4n) is 4.93. The molecular weight excluding hydrogens is 458 g/mol. The highest BCUT2D eigenvalue weighted by atomic mass is 79.9. The van der Waals surface area contributed by atoms with E-state index in [0.717, 1.165) is 26.4 Å². The number of amides is 1. The minimum absolute atomic E-state index is 0.0974. The second-order valence-electron chi connectivity index (χ2n) is 8.09. The molecule has 4 atom stereocenters. The SMILES string of the molecule is COC1CN(C(=O)O)C(C)(OC)C(c2ccc3ccccc3c2)C1c1ccc(Br)cc1. The Morgan fingerprint density at radius 3 is 2.29 bits per heavy atom. The summed E-state index contributed by atoms with van der Waals surface area (Å²) in [6.07, 6.45) is -1.34. The maximum absolute atomic E-state index is 12.3. The van der Waals surface area contributed by atoms with E-state index in [2.05, 4.69) is 58.4 Å². The van der Waals surface area contributed by atoms with Gasteiger partial charge in [-0.15, -0.1) is 0 Å². The Labute approximate surface area is 190 Å². The number of carboxylic acid groups (broad SMARTS) is 1. The number of carbonyl (C=O) groups is 1. The molecule has 1 N–H and O–H groups in total. The van der Waals surface area contributed by atoms with Crippen LogP contribution in [0.4, 0.5) is 4.79 Å². The quantitative estimate of drug-likeness (QED) is 0.506. The summed E-state index contributed by atoms with van der Waals surface area (Å²) in [5.74, 6) is -0.377. The van der Waals surface area contributed by atoms with Crippen LogP contribution in [0.1, 0.15) is 29.9 Å². The van der Waals surface area contributed by atoms with Crippen molar-refractivity contribution in [1.82, 2.24) is 4.90 Å². The van der Waals surface area contributed by atoms with Gasteiger partial charge in [-0.25, -0.2) is 4.79 Å². The van der Waals surface area contributed by atoms with E-state index >= 15 is 0 Å². The van der Waals surface area contributed by atoms with E-state index in [9.17, 15) is 9.90 Å². The molecule has 0 aromatic heterocycles. The molecule has 0 radical (unpaired) electrons. The Kier molecular flexibility index (Phi) is 6.06. The first-order chi connectivity index (χ1) is 14.9. The predicted molar refractivity (Wildman–Crippen MR) is 125 cm³/mol. The molecule has 3 aromatic rings. The number of benzene rings is 3. The number of fused-ring (bicyclic) bond motifs is 1. The standard InChI is InChI=1S/C25H26BrNO4/c1-25(31-3)23(19-9-8-16-6-4-5-7-18(16)14-19)22(17-10-12-20(26)13-11-17)21(30-2)15-27(25)24(28)29/h4-14,21-23H,15H2,1-3H3,(H,28,29). The number of likely N-dealkylation sites (tertiary alicyclic amines) is 1. The van der Waals surface area contributed by atoms with Crippen molar-refractivity contribution in [3.05, 3.63) is 82.3 Å². The van der Waals surface area contributed by atoms with E-state index in [1.807, 2.05) is 31.2 Å². The van der Waals surface area contributed by atoms with Crippen molar-refractivity contribution in [2.24, 2.45) is 0 Å². The first-order valence-corrected chi connectivity index (χ1v) is 11.0. The number of rotatable bonds is 4. The summed E-state index contributed by atoms with van der Waals surface area (Å²) in [6, 6.07) is 22.6. The molecule has 3 aromatic carbocycles. The van der Waals surface area contributed by atoms with E-state index in [-0.39, 0.29) is 24.5 Å². The van der Waals surface area contributed by atoms with Crippen LogP contribution in [0.25, 0.3) is 10.8 Å². The van der Waals surface area contributed by atoms with Gasteiger partial charge in [0.15, 0.2) is 5.72 Å². The molecule has 4 unspecified atom stereocenters. The molecule has 1 fully saturated rings. The van der Waals surface area contributed by atoms with E-state index in [1.54, 1.807) is 14.2 Å². The van der Waals surface area contributed by atoms with Crippen molar-refractivity contribution in [1.29, 1.82) is 0 Å². The zero-order valence-electron chi connectivity index (χ0n) is 17.8. The van der Waals surface area contributed by atoms with Crippen molar-refractivity contribution in [3.63, 3.8) is 0 Å². The van der Waals surface area contributed by atoms with Crippen LogP contribution in [0.3, 0.4) is 0 Å². The molecule has 1 amide bonds. The molecule has 0 spiro atoms. The van der Waals surface area contributed by atoms with E-state index in [4.69, 9.17) is 9.47 Å². The predicted octanol–water partition coefficient (Wildman–Crippen LogP) is 5.84. The molecule has 162 valence electrons. The molecule has 0 saturated carbocycles. The number of piperidine rings is 1. The minimum atomic E-state index is -1.07. The Balaban J connectivity index is 1.95. The highest BCUT2D eigenvalue weighted by Gasteiger charge is 2.54. The maximum Gasteiger partial charge on any atom is 0.409 e. The second kappa shape index (κ2) is 8.61. The number of methoxy groups -OCH3 is 2. The van der Waals surface area contributed by atoms with Crippen molar-refractivity contribution in [3.8, 4) is 0 Å². The Morgan fingerprint density at radius 2 is 1.68 bits per heavy atom. The lowest BCUT2D eigenvalue weighted by atomic mass is 9.69. The minimum Gasteiger partial charge on any atom is -0.465 e. The molecule has 5 nitrogen and oxygen atoms in total. The number of hydrogen-bond donors (Lipinski definition) is 1. The van der Waals surface area contributed by atoms with Gasteiger partial charge < -0.3 is 14.6 Å². The third kappa shape index (κ3) is 3.84. The van der Waals surface area contributed by atoms with Gasteiger partial charge in [-0.2, -0.15) is 0 Å².